The summed E-state index contributed by atoms with van der Waals surface area (Å²) in [5.41, 5.74) is 6.20. The minimum atomic E-state index is -3.71. The van der Waals surface area contributed by atoms with Gasteiger partial charge < -0.3 is 5.73 Å². The molecular formula is C15H22N2O3S. The third-order valence-electron chi connectivity index (χ3n) is 3.75. The third kappa shape index (κ3) is 3.20. The van der Waals surface area contributed by atoms with E-state index in [1.807, 2.05) is 0 Å². The Bertz CT molecular complexity index is 626. The van der Waals surface area contributed by atoms with E-state index in [0.717, 1.165) is 23.6 Å². The lowest BCUT2D eigenvalue weighted by molar-refractivity contribution is 0.0869. The van der Waals surface area contributed by atoms with Gasteiger partial charge in [-0.15, -0.1) is 0 Å². The Balaban J connectivity index is 2.01. The van der Waals surface area contributed by atoms with Gasteiger partial charge in [-0.25, -0.2) is 12.7 Å². The molecule has 2 N–H and O–H groups in total. The normalized spacial score (nSPS) is 16.2. The number of amides is 1. The van der Waals surface area contributed by atoms with Crippen molar-refractivity contribution in [3.8, 4) is 0 Å². The van der Waals surface area contributed by atoms with Crippen LogP contribution in [-0.4, -0.2) is 25.2 Å². The van der Waals surface area contributed by atoms with Crippen LogP contribution in [0.3, 0.4) is 0 Å². The highest BCUT2D eigenvalue weighted by atomic mass is 32.2. The Labute approximate surface area is 126 Å². The summed E-state index contributed by atoms with van der Waals surface area (Å²) in [6, 6.07) is 4.41. The summed E-state index contributed by atoms with van der Waals surface area (Å²) in [7, 11) is -3.71. The van der Waals surface area contributed by atoms with Gasteiger partial charge in [0.05, 0.1) is 5.56 Å². The number of benzene rings is 1. The largest absolute Gasteiger partial charge is 0.399 e. The molecular weight excluding hydrogens is 288 g/mol. The standard InChI is InChI=1S/C15H22N2O3S/c1-2-3-4-5-6-7-10-17-15(18)13-9-8-12(16)11-14(13)21(17,19)20/h8-9,11H,2-7,10,16H2,1H3. The van der Waals surface area contributed by atoms with Crippen LogP contribution >= 0.6 is 0 Å². The van der Waals surface area contributed by atoms with Gasteiger partial charge in [0.15, 0.2) is 0 Å². The van der Waals surface area contributed by atoms with Gasteiger partial charge in [-0.1, -0.05) is 39.0 Å². The summed E-state index contributed by atoms with van der Waals surface area (Å²) in [5, 5.41) is 0. The number of nitrogens with two attached hydrogens (primary N) is 1. The first kappa shape index (κ1) is 15.8. The number of hydrogen-bond acceptors (Lipinski definition) is 4. The number of nitrogens with zero attached hydrogens (tertiary/aromatic N) is 1. The molecule has 1 aromatic rings. The zero-order chi connectivity index (χ0) is 15.5. The molecule has 1 aliphatic rings. The number of fused-ring (bicyclic) bond motifs is 1. The Morgan fingerprint density at radius 1 is 1.10 bits per heavy atom. The zero-order valence-corrected chi connectivity index (χ0v) is 13.2. The van der Waals surface area contributed by atoms with Gasteiger partial charge in [-0.05, 0) is 24.6 Å². The molecule has 1 aliphatic heterocycles. The highest BCUT2D eigenvalue weighted by Gasteiger charge is 2.40. The molecule has 0 aromatic heterocycles. The molecule has 0 fully saturated rings. The zero-order valence-electron chi connectivity index (χ0n) is 12.3. The second-order valence-electron chi connectivity index (χ2n) is 5.41. The highest BCUT2D eigenvalue weighted by molar-refractivity contribution is 7.90. The van der Waals surface area contributed by atoms with Crippen LogP contribution in [0.5, 0.6) is 0 Å². The second kappa shape index (κ2) is 6.47. The Hall–Kier alpha value is -1.56. The summed E-state index contributed by atoms with van der Waals surface area (Å²) < 4.78 is 25.7. The molecule has 0 radical (unpaired) electrons. The Kier molecular flexibility index (Phi) is 4.88. The molecule has 6 heteroatoms. The number of carbonyl (C=O) groups is 1. The average molecular weight is 310 g/mol. The van der Waals surface area contributed by atoms with E-state index in [4.69, 9.17) is 5.73 Å². The van der Waals surface area contributed by atoms with Crippen molar-refractivity contribution in [2.45, 2.75) is 50.3 Å². The Morgan fingerprint density at radius 3 is 2.48 bits per heavy atom. The highest BCUT2D eigenvalue weighted by Crippen LogP contribution is 2.31. The molecule has 116 valence electrons. The van der Waals surface area contributed by atoms with Crippen molar-refractivity contribution >= 4 is 21.6 Å². The van der Waals surface area contributed by atoms with Crippen LogP contribution in [0.25, 0.3) is 0 Å². The van der Waals surface area contributed by atoms with Crippen LogP contribution in [-0.2, 0) is 10.0 Å². The maximum atomic E-state index is 12.4. The van der Waals surface area contributed by atoms with Crippen LogP contribution in [0.1, 0.15) is 55.8 Å². The van der Waals surface area contributed by atoms with E-state index in [1.54, 1.807) is 6.07 Å². The molecule has 0 bridgehead atoms. The summed E-state index contributed by atoms with van der Waals surface area (Å²) in [6.45, 7) is 2.40. The van der Waals surface area contributed by atoms with E-state index in [0.29, 0.717) is 12.1 Å². The van der Waals surface area contributed by atoms with E-state index < -0.39 is 15.9 Å². The fraction of sp³-hybridized carbons (Fsp3) is 0.533. The average Bonchev–Trinajstić information content (AvgIpc) is 2.62. The number of rotatable bonds is 7. The predicted molar refractivity (Wildman–Crippen MR) is 82.5 cm³/mol. The van der Waals surface area contributed by atoms with E-state index >= 15 is 0 Å². The minimum Gasteiger partial charge on any atom is -0.399 e. The van der Waals surface area contributed by atoms with E-state index in [1.165, 1.54) is 25.0 Å². The maximum Gasteiger partial charge on any atom is 0.269 e. The second-order valence-corrected chi connectivity index (χ2v) is 7.24. The molecule has 1 amide bonds. The number of unbranched alkanes of at least 4 members (excludes halogenated alkanes) is 5. The van der Waals surface area contributed by atoms with Crippen molar-refractivity contribution < 1.29 is 13.2 Å². The molecule has 1 heterocycles. The number of hydrogen-bond donors (Lipinski definition) is 1. The van der Waals surface area contributed by atoms with Crippen molar-refractivity contribution in [2.75, 3.05) is 12.3 Å². The first-order chi connectivity index (χ1) is 9.98. The molecule has 0 atom stereocenters. The van der Waals surface area contributed by atoms with E-state index in [9.17, 15) is 13.2 Å². The summed E-state index contributed by atoms with van der Waals surface area (Å²) in [6.07, 6.45) is 6.26. The molecule has 0 saturated heterocycles. The van der Waals surface area contributed by atoms with Crippen molar-refractivity contribution in [3.05, 3.63) is 23.8 Å². The fourth-order valence-corrected chi connectivity index (χ4v) is 4.19. The molecule has 1 aromatic carbocycles. The predicted octanol–water partition coefficient (Wildman–Crippen LogP) is 2.77. The quantitative estimate of drug-likeness (QED) is 0.620. The molecule has 5 nitrogen and oxygen atoms in total. The monoisotopic (exact) mass is 310 g/mol. The lowest BCUT2D eigenvalue weighted by atomic mass is 10.1. The van der Waals surface area contributed by atoms with Gasteiger partial charge in [0.1, 0.15) is 4.90 Å². The van der Waals surface area contributed by atoms with Gasteiger partial charge in [0, 0.05) is 12.2 Å². The van der Waals surface area contributed by atoms with Gasteiger partial charge in [-0.3, -0.25) is 4.79 Å². The van der Waals surface area contributed by atoms with Crippen LogP contribution in [0.4, 0.5) is 5.69 Å². The number of anilines is 1. The van der Waals surface area contributed by atoms with Crippen molar-refractivity contribution in [1.82, 2.24) is 4.31 Å². The lowest BCUT2D eigenvalue weighted by Crippen LogP contribution is -2.30. The number of sulfonamides is 1. The van der Waals surface area contributed by atoms with Gasteiger partial charge in [-0.2, -0.15) is 0 Å². The molecule has 0 saturated carbocycles. The van der Waals surface area contributed by atoms with Crippen LogP contribution in [0.2, 0.25) is 0 Å². The van der Waals surface area contributed by atoms with Gasteiger partial charge in [0.25, 0.3) is 15.9 Å². The summed E-state index contributed by atoms with van der Waals surface area (Å²) in [5.74, 6) is -0.432. The smallest absolute Gasteiger partial charge is 0.269 e. The topological polar surface area (TPSA) is 80.5 Å². The number of carbonyl (C=O) groups excluding carboxylic acids is 1. The van der Waals surface area contributed by atoms with Crippen LogP contribution in [0.15, 0.2) is 23.1 Å². The molecule has 21 heavy (non-hydrogen) atoms. The molecule has 2 rings (SSSR count). The fourth-order valence-electron chi connectivity index (χ4n) is 2.55. The molecule has 0 aliphatic carbocycles. The molecule has 0 unspecified atom stereocenters. The van der Waals surface area contributed by atoms with E-state index in [-0.39, 0.29) is 17.0 Å². The van der Waals surface area contributed by atoms with E-state index in [2.05, 4.69) is 6.92 Å². The Morgan fingerprint density at radius 2 is 1.76 bits per heavy atom. The van der Waals surface area contributed by atoms with Crippen LogP contribution < -0.4 is 5.73 Å². The minimum absolute atomic E-state index is 0.0403. The molecule has 0 spiro atoms. The SMILES string of the molecule is CCCCCCCCN1C(=O)c2ccc(N)cc2S1(=O)=O. The van der Waals surface area contributed by atoms with Crippen molar-refractivity contribution in [1.29, 1.82) is 0 Å². The lowest BCUT2D eigenvalue weighted by Gasteiger charge is -2.14. The van der Waals surface area contributed by atoms with Gasteiger partial charge in [0.2, 0.25) is 0 Å². The number of nitrogen functional groups attached to an aromatic ring is 1. The summed E-state index contributed by atoms with van der Waals surface area (Å²) >= 11 is 0. The third-order valence-corrected chi connectivity index (χ3v) is 5.57. The van der Waals surface area contributed by atoms with Gasteiger partial charge >= 0.3 is 0 Å². The first-order valence-electron chi connectivity index (χ1n) is 7.45. The maximum absolute atomic E-state index is 12.4. The van der Waals surface area contributed by atoms with Crippen molar-refractivity contribution in [2.24, 2.45) is 0 Å². The first-order valence-corrected chi connectivity index (χ1v) is 8.89. The summed E-state index contributed by atoms with van der Waals surface area (Å²) in [4.78, 5) is 12.2. The van der Waals surface area contributed by atoms with Crippen molar-refractivity contribution in [3.63, 3.8) is 0 Å². The van der Waals surface area contributed by atoms with Crippen LogP contribution in [0, 0.1) is 0 Å².